The molecule has 210 valence electrons. The zero-order valence-electron chi connectivity index (χ0n) is 23.5. The van der Waals surface area contributed by atoms with Crippen molar-refractivity contribution in [1.82, 2.24) is 9.97 Å². The van der Waals surface area contributed by atoms with Gasteiger partial charge in [0.2, 0.25) is 0 Å². The van der Waals surface area contributed by atoms with Crippen molar-refractivity contribution in [1.29, 1.82) is 0 Å². The number of hydrogen-bond donors (Lipinski definition) is 1. The van der Waals surface area contributed by atoms with Crippen LogP contribution in [0.25, 0.3) is 33.5 Å². The molecule has 5 aromatic rings. The molecule has 4 aromatic carbocycles. The van der Waals surface area contributed by atoms with Gasteiger partial charge in [-0.25, -0.2) is 19.6 Å². The van der Waals surface area contributed by atoms with E-state index in [1.807, 2.05) is 62.4 Å². The number of rotatable bonds is 8. The Morgan fingerprint density at radius 1 is 0.643 bits per heavy atom. The van der Waals surface area contributed by atoms with Gasteiger partial charge in [-0.1, -0.05) is 59.7 Å². The Kier molecular flexibility index (Phi) is 8.34. The van der Waals surface area contributed by atoms with Crippen LogP contribution in [0.4, 0.5) is 5.69 Å². The summed E-state index contributed by atoms with van der Waals surface area (Å²) in [5.74, 6) is -1.62. The Bertz CT molecular complexity index is 1760. The molecule has 0 spiro atoms. The lowest BCUT2D eigenvalue weighted by molar-refractivity contribution is -0.119. The molecule has 0 unspecified atom stereocenters. The minimum Gasteiger partial charge on any atom is -0.462 e. The zero-order valence-corrected chi connectivity index (χ0v) is 23.5. The number of esters is 2. The van der Waals surface area contributed by atoms with Crippen LogP contribution in [0.15, 0.2) is 91.0 Å². The lowest BCUT2D eigenvalue weighted by Crippen LogP contribution is -2.21. The molecular weight excluding hydrogens is 530 g/mol. The van der Waals surface area contributed by atoms with Crippen LogP contribution in [0, 0.1) is 13.8 Å². The first-order valence-electron chi connectivity index (χ1n) is 13.5. The number of carbonyl (C=O) groups is 3. The van der Waals surface area contributed by atoms with Gasteiger partial charge in [-0.15, -0.1) is 0 Å². The van der Waals surface area contributed by atoms with Gasteiger partial charge in [-0.05, 0) is 63.2 Å². The fraction of sp³-hybridized carbons (Fsp3) is 0.147. The fourth-order valence-electron chi connectivity index (χ4n) is 4.32. The molecular formula is C34H29N3O5. The molecule has 5 rings (SSSR count). The number of carbonyl (C=O) groups excluding carboxylic acids is 3. The molecule has 1 N–H and O–H groups in total. The SMILES string of the molecule is CCOC(=O)c1ccc(NC(=O)COC(=O)c2ccc3nc(-c4ccc(C)cc4)c(-c4ccc(C)cc4)nc3c2)cc1. The maximum Gasteiger partial charge on any atom is 0.338 e. The number of nitrogens with zero attached hydrogens (tertiary/aromatic N) is 2. The van der Waals surface area contributed by atoms with E-state index in [1.54, 1.807) is 49.4 Å². The predicted octanol–water partition coefficient (Wildman–Crippen LogP) is 6.55. The molecule has 1 amide bonds. The first kappa shape index (κ1) is 28.2. The van der Waals surface area contributed by atoms with Crippen molar-refractivity contribution < 1.29 is 23.9 Å². The lowest BCUT2D eigenvalue weighted by atomic mass is 10.0. The third kappa shape index (κ3) is 6.50. The monoisotopic (exact) mass is 559 g/mol. The first-order valence-corrected chi connectivity index (χ1v) is 13.5. The molecule has 8 nitrogen and oxygen atoms in total. The van der Waals surface area contributed by atoms with Crippen LogP contribution < -0.4 is 5.32 Å². The molecule has 42 heavy (non-hydrogen) atoms. The molecule has 0 saturated carbocycles. The Morgan fingerprint density at radius 3 is 1.74 bits per heavy atom. The number of fused-ring (bicyclic) bond motifs is 1. The number of aromatic nitrogens is 2. The largest absolute Gasteiger partial charge is 0.462 e. The average molecular weight is 560 g/mol. The molecule has 0 radical (unpaired) electrons. The Labute approximate surface area is 243 Å². The average Bonchev–Trinajstić information content (AvgIpc) is 3.00. The van der Waals surface area contributed by atoms with Crippen molar-refractivity contribution in [2.45, 2.75) is 20.8 Å². The summed E-state index contributed by atoms with van der Waals surface area (Å²) < 4.78 is 10.2. The van der Waals surface area contributed by atoms with Crippen LogP contribution in [-0.4, -0.2) is 41.0 Å². The highest BCUT2D eigenvalue weighted by Crippen LogP contribution is 2.31. The zero-order chi connectivity index (χ0) is 29.6. The van der Waals surface area contributed by atoms with Gasteiger partial charge in [0.05, 0.1) is 40.2 Å². The molecule has 8 heteroatoms. The van der Waals surface area contributed by atoms with Gasteiger partial charge >= 0.3 is 11.9 Å². The predicted molar refractivity (Wildman–Crippen MR) is 161 cm³/mol. The minimum absolute atomic E-state index is 0.251. The molecule has 0 atom stereocenters. The van der Waals surface area contributed by atoms with Crippen molar-refractivity contribution in [2.75, 3.05) is 18.5 Å². The van der Waals surface area contributed by atoms with E-state index in [1.165, 1.54) is 0 Å². The van der Waals surface area contributed by atoms with Gasteiger partial charge in [0.1, 0.15) is 0 Å². The van der Waals surface area contributed by atoms with Crippen molar-refractivity contribution in [2.24, 2.45) is 0 Å². The van der Waals surface area contributed by atoms with Crippen LogP contribution in [-0.2, 0) is 14.3 Å². The lowest BCUT2D eigenvalue weighted by Gasteiger charge is -2.12. The van der Waals surface area contributed by atoms with Gasteiger partial charge in [-0.3, -0.25) is 4.79 Å². The fourth-order valence-corrected chi connectivity index (χ4v) is 4.32. The van der Waals surface area contributed by atoms with E-state index in [2.05, 4.69) is 5.32 Å². The van der Waals surface area contributed by atoms with E-state index in [0.717, 1.165) is 27.9 Å². The second-order valence-corrected chi connectivity index (χ2v) is 9.78. The minimum atomic E-state index is -0.661. The van der Waals surface area contributed by atoms with Crippen LogP contribution in [0.2, 0.25) is 0 Å². The molecule has 1 heterocycles. The van der Waals surface area contributed by atoms with E-state index in [-0.39, 0.29) is 12.2 Å². The number of anilines is 1. The van der Waals surface area contributed by atoms with Gasteiger partial charge in [0.25, 0.3) is 5.91 Å². The van der Waals surface area contributed by atoms with E-state index in [0.29, 0.717) is 28.0 Å². The third-order valence-electron chi connectivity index (χ3n) is 6.56. The quantitative estimate of drug-likeness (QED) is 0.215. The summed E-state index contributed by atoms with van der Waals surface area (Å²) in [4.78, 5) is 46.9. The van der Waals surface area contributed by atoms with Gasteiger partial charge in [0, 0.05) is 16.8 Å². The van der Waals surface area contributed by atoms with E-state index < -0.39 is 24.5 Å². The molecule has 0 saturated heterocycles. The van der Waals surface area contributed by atoms with Crippen LogP contribution >= 0.6 is 0 Å². The molecule has 0 aliphatic carbocycles. The normalized spacial score (nSPS) is 10.7. The number of aryl methyl sites for hydroxylation is 2. The summed E-state index contributed by atoms with van der Waals surface area (Å²) in [7, 11) is 0. The van der Waals surface area contributed by atoms with Crippen LogP contribution in [0.5, 0.6) is 0 Å². The van der Waals surface area contributed by atoms with E-state index in [9.17, 15) is 14.4 Å². The summed E-state index contributed by atoms with van der Waals surface area (Å²) in [5.41, 5.74) is 7.81. The van der Waals surface area contributed by atoms with Crippen LogP contribution in [0.1, 0.15) is 38.8 Å². The van der Waals surface area contributed by atoms with E-state index >= 15 is 0 Å². The second-order valence-electron chi connectivity index (χ2n) is 9.78. The van der Waals surface area contributed by atoms with Crippen LogP contribution in [0.3, 0.4) is 0 Å². The van der Waals surface area contributed by atoms with Gasteiger partial charge < -0.3 is 14.8 Å². The van der Waals surface area contributed by atoms with Crippen molar-refractivity contribution in [3.8, 4) is 22.5 Å². The Morgan fingerprint density at radius 2 is 1.17 bits per heavy atom. The number of benzene rings is 4. The summed E-state index contributed by atoms with van der Waals surface area (Å²) in [6.07, 6.45) is 0. The third-order valence-corrected chi connectivity index (χ3v) is 6.56. The number of nitrogens with one attached hydrogen (secondary N) is 1. The van der Waals surface area contributed by atoms with Crippen molar-refractivity contribution >= 4 is 34.6 Å². The summed E-state index contributed by atoms with van der Waals surface area (Å²) in [6.45, 7) is 5.57. The number of amides is 1. The Hall–Kier alpha value is -5.37. The Balaban J connectivity index is 1.34. The number of ether oxygens (including phenoxy) is 2. The topological polar surface area (TPSA) is 107 Å². The summed E-state index contributed by atoms with van der Waals surface area (Å²) >= 11 is 0. The van der Waals surface area contributed by atoms with Crippen molar-refractivity contribution in [3.05, 3.63) is 113 Å². The second kappa shape index (κ2) is 12.4. The standard InChI is InChI=1S/C34H29N3O5/c1-4-41-33(39)25-13-16-27(17-14-25)35-30(38)20-42-34(40)26-15-18-28-29(19-26)37-32(24-11-7-22(3)8-12-24)31(36-28)23-9-5-21(2)6-10-23/h5-19H,4,20H2,1-3H3,(H,35,38). The smallest absolute Gasteiger partial charge is 0.338 e. The highest BCUT2D eigenvalue weighted by molar-refractivity contribution is 5.98. The number of hydrogen-bond acceptors (Lipinski definition) is 7. The molecule has 0 aliphatic heterocycles. The molecule has 1 aromatic heterocycles. The highest BCUT2D eigenvalue weighted by Gasteiger charge is 2.16. The molecule has 0 bridgehead atoms. The maximum atomic E-state index is 12.8. The van der Waals surface area contributed by atoms with E-state index in [4.69, 9.17) is 19.4 Å². The molecule has 0 aliphatic rings. The van der Waals surface area contributed by atoms with Gasteiger partial charge in [-0.2, -0.15) is 0 Å². The summed E-state index contributed by atoms with van der Waals surface area (Å²) in [6, 6.07) is 27.4. The van der Waals surface area contributed by atoms with Crippen molar-refractivity contribution in [3.63, 3.8) is 0 Å². The molecule has 0 fully saturated rings. The highest BCUT2D eigenvalue weighted by atomic mass is 16.5. The maximum absolute atomic E-state index is 12.8. The first-order chi connectivity index (χ1) is 20.3. The van der Waals surface area contributed by atoms with Gasteiger partial charge in [0.15, 0.2) is 6.61 Å². The summed E-state index contributed by atoms with van der Waals surface area (Å²) in [5, 5.41) is 2.64.